The van der Waals surface area contributed by atoms with Crippen molar-refractivity contribution in [2.24, 2.45) is 0 Å². The van der Waals surface area contributed by atoms with E-state index in [1.54, 1.807) is 6.20 Å². The minimum absolute atomic E-state index is 0.0313. The Kier molecular flexibility index (Phi) is 1.77. The third kappa shape index (κ3) is 1.30. The van der Waals surface area contributed by atoms with Crippen molar-refractivity contribution in [3.8, 4) is 0 Å². The van der Waals surface area contributed by atoms with Gasteiger partial charge < -0.3 is 5.32 Å². The fourth-order valence-corrected chi connectivity index (χ4v) is 1.93. The van der Waals surface area contributed by atoms with Gasteiger partial charge in [0.15, 0.2) is 0 Å². The van der Waals surface area contributed by atoms with E-state index in [4.69, 9.17) is 0 Å². The quantitative estimate of drug-likeness (QED) is 0.656. The Bertz CT molecular complexity index is 338. The first-order valence-corrected chi connectivity index (χ1v) is 4.63. The highest BCUT2D eigenvalue weighted by Crippen LogP contribution is 2.29. The second-order valence-corrected chi connectivity index (χ2v) is 3.71. The molecule has 1 aliphatic rings. The molecule has 62 valence electrons. The minimum atomic E-state index is 0.0313. The number of nitrogens with zero attached hydrogens (tertiary/aromatic N) is 1. The molecule has 0 saturated heterocycles. The molecule has 1 aromatic heterocycles. The van der Waals surface area contributed by atoms with Crippen LogP contribution in [0.4, 0.5) is 5.82 Å². The molecule has 2 rings (SSSR count). The number of carbonyl (C=O) groups is 1. The number of amides is 1. The van der Waals surface area contributed by atoms with E-state index in [1.807, 2.05) is 13.0 Å². The van der Waals surface area contributed by atoms with E-state index < -0.39 is 0 Å². The molecule has 0 saturated carbocycles. The van der Waals surface area contributed by atoms with Gasteiger partial charge in [0.25, 0.3) is 0 Å². The van der Waals surface area contributed by atoms with Crippen LogP contribution >= 0.6 is 11.8 Å². The summed E-state index contributed by atoms with van der Waals surface area (Å²) in [5.74, 6) is 1.23. The maximum Gasteiger partial charge on any atom is 0.235 e. The smallest absolute Gasteiger partial charge is 0.235 e. The predicted octanol–water partition coefficient (Wildman–Crippen LogP) is 1.43. The molecule has 1 aromatic rings. The summed E-state index contributed by atoms with van der Waals surface area (Å²) in [4.78, 5) is 16.1. The minimum Gasteiger partial charge on any atom is -0.309 e. The van der Waals surface area contributed by atoms with Gasteiger partial charge in [-0.2, -0.15) is 0 Å². The summed E-state index contributed by atoms with van der Waals surface area (Å²) < 4.78 is 0. The second-order valence-electron chi connectivity index (χ2n) is 2.70. The first kappa shape index (κ1) is 7.61. The van der Waals surface area contributed by atoms with Gasteiger partial charge in [-0.15, -0.1) is 11.8 Å². The number of thioether (sulfide) groups is 1. The average molecular weight is 180 g/mol. The lowest BCUT2D eigenvalue weighted by Gasteiger charge is -2.14. The second kappa shape index (κ2) is 2.79. The molecule has 0 aromatic carbocycles. The van der Waals surface area contributed by atoms with Gasteiger partial charge in [-0.1, -0.05) is 0 Å². The third-order valence-electron chi connectivity index (χ3n) is 1.61. The molecule has 0 radical (unpaired) electrons. The zero-order valence-electron chi connectivity index (χ0n) is 6.63. The molecule has 0 bridgehead atoms. The number of aromatic nitrogens is 1. The average Bonchev–Trinajstić information content (AvgIpc) is 2.05. The lowest BCUT2D eigenvalue weighted by atomic mass is 10.3. The largest absolute Gasteiger partial charge is 0.309 e. The van der Waals surface area contributed by atoms with Crippen molar-refractivity contribution in [3.05, 3.63) is 17.8 Å². The fraction of sp³-hybridized carbons (Fsp3) is 0.250. The van der Waals surface area contributed by atoms with Crippen molar-refractivity contribution < 1.29 is 4.79 Å². The monoisotopic (exact) mass is 180 g/mol. The SMILES string of the molecule is Cc1cnc2c(c1)SCC(=O)N2. The van der Waals surface area contributed by atoms with Gasteiger partial charge >= 0.3 is 0 Å². The number of carbonyl (C=O) groups excluding carboxylic acids is 1. The molecule has 1 amide bonds. The third-order valence-corrected chi connectivity index (χ3v) is 2.63. The Balaban J connectivity index is 2.43. The summed E-state index contributed by atoms with van der Waals surface area (Å²) in [5.41, 5.74) is 1.12. The summed E-state index contributed by atoms with van der Waals surface area (Å²) in [5, 5.41) is 2.72. The van der Waals surface area contributed by atoms with E-state index >= 15 is 0 Å². The van der Waals surface area contributed by atoms with Crippen LogP contribution in [0.15, 0.2) is 17.2 Å². The van der Waals surface area contributed by atoms with Crippen molar-refractivity contribution in [3.63, 3.8) is 0 Å². The van der Waals surface area contributed by atoms with Crippen LogP contribution in [0.1, 0.15) is 5.56 Å². The number of hydrogen-bond acceptors (Lipinski definition) is 3. The van der Waals surface area contributed by atoms with E-state index in [0.29, 0.717) is 11.6 Å². The highest BCUT2D eigenvalue weighted by atomic mass is 32.2. The van der Waals surface area contributed by atoms with E-state index in [9.17, 15) is 4.79 Å². The Morgan fingerprint density at radius 3 is 3.33 bits per heavy atom. The van der Waals surface area contributed by atoms with Gasteiger partial charge in [-0.05, 0) is 18.6 Å². The Labute approximate surface area is 74.6 Å². The van der Waals surface area contributed by atoms with E-state index in [-0.39, 0.29) is 5.91 Å². The summed E-state index contributed by atoms with van der Waals surface area (Å²) in [6.07, 6.45) is 1.75. The molecule has 0 fully saturated rings. The molecule has 0 unspecified atom stereocenters. The number of anilines is 1. The summed E-state index contributed by atoms with van der Waals surface area (Å²) in [6, 6.07) is 2.03. The normalized spacial score (nSPS) is 15.2. The first-order chi connectivity index (χ1) is 5.75. The van der Waals surface area contributed by atoms with Crippen LogP contribution in [-0.4, -0.2) is 16.6 Å². The predicted molar refractivity (Wildman–Crippen MR) is 48.3 cm³/mol. The van der Waals surface area contributed by atoms with E-state index in [0.717, 1.165) is 10.5 Å². The van der Waals surface area contributed by atoms with Gasteiger partial charge in [0, 0.05) is 6.20 Å². The molecule has 2 heterocycles. The molecule has 0 aliphatic carbocycles. The lowest BCUT2D eigenvalue weighted by molar-refractivity contribution is -0.113. The molecule has 0 spiro atoms. The van der Waals surface area contributed by atoms with Crippen LogP contribution in [0.3, 0.4) is 0 Å². The van der Waals surface area contributed by atoms with Gasteiger partial charge in [-0.3, -0.25) is 4.79 Å². The Morgan fingerprint density at radius 1 is 1.67 bits per heavy atom. The molecule has 1 aliphatic heterocycles. The van der Waals surface area contributed by atoms with Crippen molar-refractivity contribution in [1.29, 1.82) is 0 Å². The first-order valence-electron chi connectivity index (χ1n) is 3.65. The van der Waals surface area contributed by atoms with Crippen LogP contribution in [0.25, 0.3) is 0 Å². The zero-order chi connectivity index (χ0) is 8.55. The highest BCUT2D eigenvalue weighted by Gasteiger charge is 2.15. The van der Waals surface area contributed by atoms with Crippen molar-refractivity contribution >= 4 is 23.5 Å². The van der Waals surface area contributed by atoms with Crippen molar-refractivity contribution in [2.45, 2.75) is 11.8 Å². The van der Waals surface area contributed by atoms with Crippen LogP contribution in [0.5, 0.6) is 0 Å². The number of aryl methyl sites for hydroxylation is 1. The van der Waals surface area contributed by atoms with Gasteiger partial charge in [-0.25, -0.2) is 4.98 Å². The topological polar surface area (TPSA) is 42.0 Å². The van der Waals surface area contributed by atoms with Crippen molar-refractivity contribution in [1.82, 2.24) is 4.98 Å². The van der Waals surface area contributed by atoms with Gasteiger partial charge in [0.2, 0.25) is 5.91 Å². The van der Waals surface area contributed by atoms with E-state index in [2.05, 4.69) is 10.3 Å². The standard InChI is InChI=1S/C8H8N2OS/c1-5-2-6-8(9-3-5)10-7(11)4-12-6/h2-3H,4H2,1H3,(H,9,10,11). The summed E-state index contributed by atoms with van der Waals surface area (Å²) >= 11 is 1.54. The molecule has 4 heteroatoms. The maximum absolute atomic E-state index is 10.9. The molecular formula is C8H8N2OS. The maximum atomic E-state index is 10.9. The highest BCUT2D eigenvalue weighted by molar-refractivity contribution is 8.00. The lowest BCUT2D eigenvalue weighted by Crippen LogP contribution is -2.19. The molecule has 0 atom stereocenters. The van der Waals surface area contributed by atoms with Gasteiger partial charge in [0.05, 0.1) is 10.6 Å². The number of nitrogens with one attached hydrogen (secondary N) is 1. The molecular weight excluding hydrogens is 172 g/mol. The number of hydrogen-bond donors (Lipinski definition) is 1. The fourth-order valence-electron chi connectivity index (χ4n) is 1.06. The Hall–Kier alpha value is -1.03. The van der Waals surface area contributed by atoms with Gasteiger partial charge in [0.1, 0.15) is 5.82 Å². The Morgan fingerprint density at radius 2 is 2.50 bits per heavy atom. The molecule has 12 heavy (non-hydrogen) atoms. The number of rotatable bonds is 0. The van der Waals surface area contributed by atoms with Crippen LogP contribution in [0.2, 0.25) is 0 Å². The zero-order valence-corrected chi connectivity index (χ0v) is 7.44. The summed E-state index contributed by atoms with van der Waals surface area (Å²) in [7, 11) is 0. The van der Waals surface area contributed by atoms with E-state index in [1.165, 1.54) is 11.8 Å². The molecule has 3 nitrogen and oxygen atoms in total. The summed E-state index contributed by atoms with van der Waals surface area (Å²) in [6.45, 7) is 1.99. The van der Waals surface area contributed by atoms with Crippen molar-refractivity contribution in [2.75, 3.05) is 11.1 Å². The van der Waals surface area contributed by atoms with Crippen LogP contribution in [-0.2, 0) is 4.79 Å². The number of fused-ring (bicyclic) bond motifs is 1. The van der Waals surface area contributed by atoms with Crippen LogP contribution in [0, 0.1) is 6.92 Å². The number of pyridine rings is 1. The van der Waals surface area contributed by atoms with Crippen LogP contribution < -0.4 is 5.32 Å². The molecule has 1 N–H and O–H groups in total.